The first-order valence-corrected chi connectivity index (χ1v) is 11.1. The van der Waals surface area contributed by atoms with E-state index in [1.165, 1.54) is 0 Å². The first-order chi connectivity index (χ1) is 14.7. The number of halogens is 1. The summed E-state index contributed by atoms with van der Waals surface area (Å²) in [6.07, 6.45) is 3.82. The van der Waals surface area contributed by atoms with Gasteiger partial charge in [0.15, 0.2) is 0 Å². The second kappa shape index (κ2) is 9.43. The van der Waals surface area contributed by atoms with Crippen LogP contribution in [0.1, 0.15) is 54.9 Å². The number of carbonyl (C=O) groups is 1. The topological polar surface area (TPSA) is 68.5 Å². The molecule has 0 N–H and O–H groups in total. The van der Waals surface area contributed by atoms with Gasteiger partial charge in [-0.05, 0) is 67.8 Å². The van der Waals surface area contributed by atoms with E-state index < -0.39 is 0 Å². The molecule has 1 atom stereocenters. The zero-order chi connectivity index (χ0) is 20.9. The number of nitrogens with zero attached hydrogens (tertiary/aromatic N) is 3. The number of rotatable bonds is 7. The number of carbonyl (C=O) groups excluding carboxylic acids is 1. The van der Waals surface area contributed by atoms with E-state index in [0.29, 0.717) is 30.4 Å². The molecular formula is C23H24BrN3O3. The standard InChI is InChI=1S/C23H24BrN3O3/c1-2-3-15-29-19-12-8-17(9-13-19)23(28)27-14-4-5-20(27)22-25-21(26-30-22)16-6-10-18(24)11-7-16/h6-13,20H,2-5,14-15H2,1H3. The molecule has 1 amide bonds. The van der Waals surface area contributed by atoms with Crippen LogP contribution in [0.2, 0.25) is 0 Å². The van der Waals surface area contributed by atoms with Gasteiger partial charge in [0, 0.05) is 22.1 Å². The van der Waals surface area contributed by atoms with Gasteiger partial charge in [-0.2, -0.15) is 4.98 Å². The fourth-order valence-electron chi connectivity index (χ4n) is 3.55. The summed E-state index contributed by atoms with van der Waals surface area (Å²) < 4.78 is 12.2. The smallest absolute Gasteiger partial charge is 0.254 e. The normalized spacial score (nSPS) is 16.1. The molecule has 3 aromatic rings. The van der Waals surface area contributed by atoms with E-state index in [9.17, 15) is 4.79 Å². The molecule has 2 aromatic carbocycles. The highest BCUT2D eigenvalue weighted by Gasteiger charge is 2.34. The molecule has 0 spiro atoms. The molecule has 0 saturated carbocycles. The molecule has 1 fully saturated rings. The Morgan fingerprint density at radius 2 is 1.97 bits per heavy atom. The van der Waals surface area contributed by atoms with E-state index in [1.807, 2.05) is 53.4 Å². The molecule has 4 rings (SSSR count). The number of benzene rings is 2. The van der Waals surface area contributed by atoms with E-state index in [4.69, 9.17) is 9.26 Å². The zero-order valence-corrected chi connectivity index (χ0v) is 18.5. The predicted molar refractivity (Wildman–Crippen MR) is 117 cm³/mol. The molecule has 0 bridgehead atoms. The summed E-state index contributed by atoms with van der Waals surface area (Å²) in [5.41, 5.74) is 1.51. The van der Waals surface area contributed by atoms with Gasteiger partial charge in [-0.25, -0.2) is 0 Å². The Morgan fingerprint density at radius 1 is 1.20 bits per heavy atom. The Balaban J connectivity index is 1.47. The largest absolute Gasteiger partial charge is 0.494 e. The first kappa shape index (κ1) is 20.6. The van der Waals surface area contributed by atoms with E-state index in [1.54, 1.807) is 0 Å². The highest BCUT2D eigenvalue weighted by Crippen LogP contribution is 2.33. The van der Waals surface area contributed by atoms with Crippen LogP contribution in [0.3, 0.4) is 0 Å². The summed E-state index contributed by atoms with van der Waals surface area (Å²) in [5.74, 6) is 1.78. The van der Waals surface area contributed by atoms with Gasteiger partial charge in [-0.15, -0.1) is 0 Å². The lowest BCUT2D eigenvalue weighted by Crippen LogP contribution is -2.30. The third kappa shape index (κ3) is 4.56. The average Bonchev–Trinajstić information content (AvgIpc) is 3.44. The van der Waals surface area contributed by atoms with Crippen molar-refractivity contribution in [2.75, 3.05) is 13.2 Å². The molecule has 0 radical (unpaired) electrons. The second-order valence-electron chi connectivity index (χ2n) is 7.35. The molecule has 0 aliphatic carbocycles. The molecule has 1 saturated heterocycles. The van der Waals surface area contributed by atoms with E-state index in [2.05, 4.69) is 33.0 Å². The Kier molecular flexibility index (Phi) is 6.47. The third-order valence-corrected chi connectivity index (χ3v) is 5.74. The van der Waals surface area contributed by atoms with Gasteiger partial charge in [0.05, 0.1) is 6.61 Å². The summed E-state index contributed by atoms with van der Waals surface area (Å²) in [7, 11) is 0. The van der Waals surface area contributed by atoms with Crippen molar-refractivity contribution in [2.24, 2.45) is 0 Å². The lowest BCUT2D eigenvalue weighted by atomic mass is 10.1. The summed E-state index contributed by atoms with van der Waals surface area (Å²) in [5, 5.41) is 4.12. The zero-order valence-electron chi connectivity index (χ0n) is 16.9. The summed E-state index contributed by atoms with van der Waals surface area (Å²) in [4.78, 5) is 19.5. The molecule has 1 unspecified atom stereocenters. The quantitative estimate of drug-likeness (QED) is 0.417. The lowest BCUT2D eigenvalue weighted by Gasteiger charge is -2.22. The third-order valence-electron chi connectivity index (χ3n) is 5.21. The number of amides is 1. The van der Waals surface area contributed by atoms with Crippen LogP contribution in [-0.2, 0) is 0 Å². The number of aromatic nitrogens is 2. The number of unbranched alkanes of at least 4 members (excludes halogenated alkanes) is 1. The van der Waals surface area contributed by atoms with Gasteiger partial charge in [-0.1, -0.05) is 34.4 Å². The minimum absolute atomic E-state index is 0.0269. The molecule has 1 aliphatic heterocycles. The van der Waals surface area contributed by atoms with E-state index in [0.717, 1.165) is 41.5 Å². The van der Waals surface area contributed by atoms with Crippen LogP contribution in [0, 0.1) is 0 Å². The molecule has 30 heavy (non-hydrogen) atoms. The highest BCUT2D eigenvalue weighted by atomic mass is 79.9. The van der Waals surface area contributed by atoms with Gasteiger partial charge in [-0.3, -0.25) is 4.79 Å². The molecule has 6 nitrogen and oxygen atoms in total. The van der Waals surface area contributed by atoms with E-state index in [-0.39, 0.29) is 11.9 Å². The first-order valence-electron chi connectivity index (χ1n) is 10.3. The summed E-state index contributed by atoms with van der Waals surface area (Å²) in [6.45, 7) is 3.49. The van der Waals surface area contributed by atoms with E-state index >= 15 is 0 Å². The number of likely N-dealkylation sites (tertiary alicyclic amines) is 1. The molecule has 1 aromatic heterocycles. The predicted octanol–water partition coefficient (Wildman–Crippen LogP) is 5.66. The van der Waals surface area contributed by atoms with Crippen molar-refractivity contribution < 1.29 is 14.1 Å². The van der Waals surface area contributed by atoms with Crippen molar-refractivity contribution in [2.45, 2.75) is 38.6 Å². The Bertz CT molecular complexity index is 986. The lowest BCUT2D eigenvalue weighted by molar-refractivity contribution is 0.0710. The van der Waals surface area contributed by atoms with Gasteiger partial charge in [0.1, 0.15) is 11.8 Å². The van der Waals surface area contributed by atoms with Crippen LogP contribution in [0.25, 0.3) is 11.4 Å². The molecule has 2 heterocycles. The Labute approximate surface area is 184 Å². The van der Waals surface area contributed by atoms with Gasteiger partial charge in [0.25, 0.3) is 5.91 Å². The van der Waals surface area contributed by atoms with Crippen LogP contribution >= 0.6 is 15.9 Å². The van der Waals surface area contributed by atoms with Crippen molar-refractivity contribution in [3.05, 3.63) is 64.5 Å². The minimum atomic E-state index is -0.199. The van der Waals surface area contributed by atoms with Crippen molar-refractivity contribution in [1.29, 1.82) is 0 Å². The average molecular weight is 470 g/mol. The fraction of sp³-hybridized carbons (Fsp3) is 0.348. The van der Waals surface area contributed by atoms with Gasteiger partial charge in [0.2, 0.25) is 11.7 Å². The fourth-order valence-corrected chi connectivity index (χ4v) is 3.81. The van der Waals surface area contributed by atoms with Gasteiger partial charge >= 0.3 is 0 Å². The van der Waals surface area contributed by atoms with Crippen molar-refractivity contribution in [1.82, 2.24) is 15.0 Å². The second-order valence-corrected chi connectivity index (χ2v) is 8.26. The summed E-state index contributed by atoms with van der Waals surface area (Å²) in [6, 6.07) is 14.9. The highest BCUT2D eigenvalue weighted by molar-refractivity contribution is 9.10. The van der Waals surface area contributed by atoms with Crippen LogP contribution in [-0.4, -0.2) is 34.1 Å². The summed E-state index contributed by atoms with van der Waals surface area (Å²) >= 11 is 3.43. The van der Waals surface area contributed by atoms with Crippen LogP contribution in [0.5, 0.6) is 5.75 Å². The maximum Gasteiger partial charge on any atom is 0.254 e. The van der Waals surface area contributed by atoms with Crippen molar-refractivity contribution in [3.63, 3.8) is 0 Å². The molecule has 1 aliphatic rings. The van der Waals surface area contributed by atoms with Crippen LogP contribution in [0.4, 0.5) is 0 Å². The minimum Gasteiger partial charge on any atom is -0.494 e. The van der Waals surface area contributed by atoms with Gasteiger partial charge < -0.3 is 14.2 Å². The Morgan fingerprint density at radius 3 is 2.70 bits per heavy atom. The molecule has 156 valence electrons. The maximum atomic E-state index is 13.1. The Hall–Kier alpha value is -2.67. The number of hydrogen-bond acceptors (Lipinski definition) is 5. The SMILES string of the molecule is CCCCOc1ccc(C(=O)N2CCCC2c2nc(-c3ccc(Br)cc3)no2)cc1. The molecule has 7 heteroatoms. The number of hydrogen-bond donors (Lipinski definition) is 0. The van der Waals surface area contributed by atoms with Crippen LogP contribution < -0.4 is 4.74 Å². The molecular weight excluding hydrogens is 446 g/mol. The number of ether oxygens (including phenoxy) is 1. The van der Waals surface area contributed by atoms with Crippen molar-refractivity contribution in [3.8, 4) is 17.1 Å². The monoisotopic (exact) mass is 469 g/mol. The maximum absolute atomic E-state index is 13.1. The van der Waals surface area contributed by atoms with Crippen LogP contribution in [0.15, 0.2) is 57.5 Å². The van der Waals surface area contributed by atoms with Crippen molar-refractivity contribution >= 4 is 21.8 Å².